The van der Waals surface area contributed by atoms with Gasteiger partial charge in [-0.2, -0.15) is 5.10 Å². The Kier molecular flexibility index (Phi) is 5.04. The molecule has 0 bridgehead atoms. The number of amides is 1. The van der Waals surface area contributed by atoms with Crippen LogP contribution in [0.25, 0.3) is 0 Å². The molecule has 118 valence electrons. The largest absolute Gasteiger partial charge is 0.480 e. The standard InChI is InChI=1S/C10H16N4O6S/c1-5-9(6(2)14(13-5)4-8(16)17)21(19,20)12-3-7(15)10(11)18/h7,12,15H,3-4H2,1-2H3,(H2,11,18)(H,16,17). The van der Waals surface area contributed by atoms with Crippen LogP contribution in [0.5, 0.6) is 0 Å². The molecule has 11 heteroatoms. The number of nitrogens with two attached hydrogens (primary N) is 1. The number of carbonyl (C=O) groups excluding carboxylic acids is 1. The number of hydrogen-bond acceptors (Lipinski definition) is 6. The Morgan fingerprint density at radius 3 is 2.48 bits per heavy atom. The normalized spacial score (nSPS) is 13.1. The van der Waals surface area contributed by atoms with E-state index in [2.05, 4.69) is 5.10 Å². The Morgan fingerprint density at radius 2 is 2.00 bits per heavy atom. The van der Waals surface area contributed by atoms with Crippen molar-refractivity contribution in [3.05, 3.63) is 11.4 Å². The number of rotatable bonds is 7. The van der Waals surface area contributed by atoms with Crippen LogP contribution in [-0.2, 0) is 26.2 Å². The fourth-order valence-corrected chi connectivity index (χ4v) is 3.16. The fourth-order valence-electron chi connectivity index (χ4n) is 1.71. The summed E-state index contributed by atoms with van der Waals surface area (Å²) in [6.07, 6.45) is -1.66. The van der Waals surface area contributed by atoms with E-state index in [1.54, 1.807) is 0 Å². The van der Waals surface area contributed by atoms with Gasteiger partial charge in [-0.15, -0.1) is 0 Å². The third kappa shape index (κ3) is 4.00. The summed E-state index contributed by atoms with van der Waals surface area (Å²) in [7, 11) is -4.06. The molecule has 0 radical (unpaired) electrons. The molecule has 0 aliphatic rings. The van der Waals surface area contributed by atoms with Crippen molar-refractivity contribution in [3.63, 3.8) is 0 Å². The lowest BCUT2D eigenvalue weighted by Gasteiger charge is -2.09. The zero-order chi connectivity index (χ0) is 16.4. The summed E-state index contributed by atoms with van der Waals surface area (Å²) in [5, 5.41) is 21.8. The Hall–Kier alpha value is -1.98. The number of primary amides is 1. The van der Waals surface area contributed by atoms with E-state index in [1.165, 1.54) is 13.8 Å². The van der Waals surface area contributed by atoms with Crippen LogP contribution in [0, 0.1) is 13.8 Å². The van der Waals surface area contributed by atoms with Crippen LogP contribution < -0.4 is 10.5 Å². The second-order valence-corrected chi connectivity index (χ2v) is 6.03. The van der Waals surface area contributed by atoms with Crippen LogP contribution in [0.4, 0.5) is 0 Å². The SMILES string of the molecule is Cc1nn(CC(=O)O)c(C)c1S(=O)(=O)NCC(O)C(N)=O. The van der Waals surface area contributed by atoms with E-state index in [-0.39, 0.29) is 16.3 Å². The number of aliphatic hydroxyl groups excluding tert-OH is 1. The summed E-state index contributed by atoms with van der Waals surface area (Å²) in [6.45, 7) is 1.75. The topological polar surface area (TPSA) is 165 Å². The zero-order valence-corrected chi connectivity index (χ0v) is 12.2. The van der Waals surface area contributed by atoms with Gasteiger partial charge in [0.2, 0.25) is 15.9 Å². The molecule has 0 fully saturated rings. The van der Waals surface area contributed by atoms with Gasteiger partial charge in [-0.1, -0.05) is 0 Å². The first-order valence-corrected chi connectivity index (χ1v) is 7.27. The molecule has 0 aromatic carbocycles. The summed E-state index contributed by atoms with van der Waals surface area (Å²) in [5.41, 5.74) is 5.06. The predicted octanol–water partition coefficient (Wildman–Crippen LogP) is -2.29. The van der Waals surface area contributed by atoms with Gasteiger partial charge in [-0.05, 0) is 13.8 Å². The van der Waals surface area contributed by atoms with Crippen LogP contribution in [-0.4, -0.2) is 52.9 Å². The van der Waals surface area contributed by atoms with Crippen molar-refractivity contribution in [3.8, 4) is 0 Å². The van der Waals surface area contributed by atoms with E-state index in [4.69, 9.17) is 10.8 Å². The van der Waals surface area contributed by atoms with Gasteiger partial charge < -0.3 is 15.9 Å². The van der Waals surface area contributed by atoms with Gasteiger partial charge in [0.25, 0.3) is 0 Å². The highest BCUT2D eigenvalue weighted by atomic mass is 32.2. The molecule has 21 heavy (non-hydrogen) atoms. The minimum atomic E-state index is -4.06. The number of carbonyl (C=O) groups is 2. The van der Waals surface area contributed by atoms with Gasteiger partial charge >= 0.3 is 5.97 Å². The molecule has 5 N–H and O–H groups in total. The van der Waals surface area contributed by atoms with Crippen LogP contribution >= 0.6 is 0 Å². The summed E-state index contributed by atoms with van der Waals surface area (Å²) in [4.78, 5) is 21.1. The maximum Gasteiger partial charge on any atom is 0.325 e. The number of sulfonamides is 1. The molecule has 1 rings (SSSR count). The van der Waals surface area contributed by atoms with Gasteiger partial charge in [-0.3, -0.25) is 14.3 Å². The number of carboxylic acid groups (broad SMARTS) is 1. The summed E-state index contributed by atoms with van der Waals surface area (Å²) >= 11 is 0. The van der Waals surface area contributed by atoms with Gasteiger partial charge in [0.05, 0.1) is 11.4 Å². The monoisotopic (exact) mass is 320 g/mol. The molecule has 1 unspecified atom stereocenters. The van der Waals surface area contributed by atoms with Crippen molar-refractivity contribution < 1.29 is 28.2 Å². The first kappa shape index (κ1) is 17.1. The lowest BCUT2D eigenvalue weighted by Crippen LogP contribution is -2.40. The second kappa shape index (κ2) is 6.20. The van der Waals surface area contributed by atoms with Crippen molar-refractivity contribution in [1.29, 1.82) is 0 Å². The molecule has 0 spiro atoms. The van der Waals surface area contributed by atoms with Crippen molar-refractivity contribution in [2.45, 2.75) is 31.4 Å². The zero-order valence-electron chi connectivity index (χ0n) is 11.4. The summed E-state index contributed by atoms with van der Waals surface area (Å²) < 4.78 is 27.3. The van der Waals surface area contributed by atoms with E-state index >= 15 is 0 Å². The number of hydrogen-bond donors (Lipinski definition) is 4. The number of nitrogens with one attached hydrogen (secondary N) is 1. The Bertz CT molecular complexity index is 665. The number of carboxylic acids is 1. The van der Waals surface area contributed by atoms with Crippen molar-refractivity contribution in [1.82, 2.24) is 14.5 Å². The first-order chi connectivity index (χ1) is 9.56. The van der Waals surface area contributed by atoms with E-state index in [9.17, 15) is 23.1 Å². The second-order valence-electron chi connectivity index (χ2n) is 4.32. The van der Waals surface area contributed by atoms with E-state index in [0.29, 0.717) is 0 Å². The molecule has 1 aromatic rings. The van der Waals surface area contributed by atoms with E-state index < -0.39 is 41.1 Å². The number of nitrogens with zero attached hydrogens (tertiary/aromatic N) is 2. The molecule has 0 saturated heterocycles. The van der Waals surface area contributed by atoms with Crippen LogP contribution in [0.2, 0.25) is 0 Å². The molecule has 1 amide bonds. The van der Waals surface area contributed by atoms with E-state index in [1.807, 2.05) is 4.72 Å². The first-order valence-electron chi connectivity index (χ1n) is 5.79. The summed E-state index contributed by atoms with van der Waals surface area (Å²) in [6, 6.07) is 0. The van der Waals surface area contributed by atoms with Crippen molar-refractivity contribution in [2.75, 3.05) is 6.54 Å². The van der Waals surface area contributed by atoms with Gasteiger partial charge in [0, 0.05) is 6.54 Å². The lowest BCUT2D eigenvalue weighted by atomic mass is 10.3. The molecule has 10 nitrogen and oxygen atoms in total. The van der Waals surface area contributed by atoms with Crippen molar-refractivity contribution in [2.24, 2.45) is 5.73 Å². The van der Waals surface area contributed by atoms with Crippen LogP contribution in [0.15, 0.2) is 4.90 Å². The maximum absolute atomic E-state index is 12.1. The Labute approximate surface area is 120 Å². The minimum absolute atomic E-state index is 0.106. The average molecular weight is 320 g/mol. The maximum atomic E-state index is 12.1. The molecule has 1 heterocycles. The quantitative estimate of drug-likeness (QED) is 0.439. The molecule has 0 aliphatic carbocycles. The molecule has 1 aromatic heterocycles. The molecule has 0 saturated carbocycles. The van der Waals surface area contributed by atoms with Gasteiger partial charge in [0.15, 0.2) is 0 Å². The third-order valence-corrected chi connectivity index (χ3v) is 4.34. The molecular weight excluding hydrogens is 304 g/mol. The highest BCUT2D eigenvalue weighted by molar-refractivity contribution is 7.89. The van der Waals surface area contributed by atoms with E-state index in [0.717, 1.165) is 4.68 Å². The highest BCUT2D eigenvalue weighted by Gasteiger charge is 2.26. The Balaban J connectivity index is 3.06. The number of aliphatic hydroxyl groups is 1. The van der Waals surface area contributed by atoms with Crippen molar-refractivity contribution >= 4 is 21.9 Å². The van der Waals surface area contributed by atoms with Crippen LogP contribution in [0.3, 0.4) is 0 Å². The number of aromatic nitrogens is 2. The fraction of sp³-hybridized carbons (Fsp3) is 0.500. The molecule has 0 aliphatic heterocycles. The molecular formula is C10H16N4O6S. The average Bonchev–Trinajstić information content (AvgIpc) is 2.61. The van der Waals surface area contributed by atoms with Gasteiger partial charge in [0.1, 0.15) is 17.5 Å². The lowest BCUT2D eigenvalue weighted by molar-refractivity contribution is -0.138. The minimum Gasteiger partial charge on any atom is -0.480 e. The Morgan fingerprint density at radius 1 is 1.43 bits per heavy atom. The van der Waals surface area contributed by atoms with Gasteiger partial charge in [-0.25, -0.2) is 13.1 Å². The molecule has 1 atom stereocenters. The third-order valence-electron chi connectivity index (χ3n) is 2.66. The highest BCUT2D eigenvalue weighted by Crippen LogP contribution is 2.19. The summed E-state index contributed by atoms with van der Waals surface area (Å²) in [5.74, 6) is -2.23. The van der Waals surface area contributed by atoms with Crippen LogP contribution in [0.1, 0.15) is 11.4 Å². The number of aliphatic carboxylic acids is 1. The number of aryl methyl sites for hydroxylation is 1. The predicted molar refractivity (Wildman–Crippen MR) is 69.7 cm³/mol. The smallest absolute Gasteiger partial charge is 0.325 e.